The molecule has 3 aromatic rings. The van der Waals surface area contributed by atoms with Crippen LogP contribution in [0.2, 0.25) is 0 Å². The van der Waals surface area contributed by atoms with Crippen molar-refractivity contribution in [3.8, 4) is 5.75 Å². The molecule has 0 saturated heterocycles. The van der Waals surface area contributed by atoms with E-state index in [0.29, 0.717) is 0 Å². The Kier molecular flexibility index (Phi) is 6.35. The van der Waals surface area contributed by atoms with Crippen molar-refractivity contribution in [1.29, 1.82) is 0 Å². The highest BCUT2D eigenvalue weighted by atomic mass is 32.2. The number of hydrogen-bond acceptors (Lipinski definition) is 5. The van der Waals surface area contributed by atoms with Crippen LogP contribution in [-0.2, 0) is 6.42 Å². The second kappa shape index (κ2) is 8.91. The molecule has 1 aromatic heterocycles. The number of benzene rings is 2. The summed E-state index contributed by atoms with van der Waals surface area (Å²) in [5, 5.41) is 4.23. The molecule has 0 fully saturated rings. The topological polar surface area (TPSA) is 47.0 Å². The van der Waals surface area contributed by atoms with Gasteiger partial charge in [-0.25, -0.2) is 9.97 Å². The molecule has 140 valence electrons. The van der Waals surface area contributed by atoms with E-state index in [9.17, 15) is 0 Å². The van der Waals surface area contributed by atoms with Crippen LogP contribution in [0.15, 0.2) is 59.9 Å². The van der Waals surface area contributed by atoms with Gasteiger partial charge in [0.1, 0.15) is 5.75 Å². The minimum atomic E-state index is 0.164. The molecule has 0 unspecified atom stereocenters. The Morgan fingerprint density at radius 2 is 1.74 bits per heavy atom. The Morgan fingerprint density at radius 3 is 2.37 bits per heavy atom. The molecule has 0 atom stereocenters. The van der Waals surface area contributed by atoms with Gasteiger partial charge in [0.25, 0.3) is 0 Å². The summed E-state index contributed by atoms with van der Waals surface area (Å²) in [4.78, 5) is 9.16. The van der Waals surface area contributed by atoms with Crippen LogP contribution in [-0.4, -0.2) is 22.3 Å². The van der Waals surface area contributed by atoms with Gasteiger partial charge in [0.15, 0.2) is 5.16 Å². The lowest BCUT2D eigenvalue weighted by Gasteiger charge is -2.14. The maximum absolute atomic E-state index is 5.71. The minimum Gasteiger partial charge on any atom is -0.491 e. The molecule has 1 heterocycles. The van der Waals surface area contributed by atoms with E-state index in [2.05, 4.69) is 41.5 Å². The predicted octanol–water partition coefficient (Wildman–Crippen LogP) is 5.63. The number of nitrogens with one attached hydrogen (secondary N) is 1. The maximum Gasteiger partial charge on any atom is 0.187 e. The number of rotatable bonds is 7. The number of hydrogen-bond donors (Lipinski definition) is 1. The van der Waals surface area contributed by atoms with Gasteiger partial charge in [0, 0.05) is 12.1 Å². The van der Waals surface area contributed by atoms with E-state index in [0.717, 1.165) is 34.4 Å². The second-order valence-corrected chi connectivity index (χ2v) is 7.47. The lowest BCUT2D eigenvalue weighted by molar-refractivity contribution is 0.242. The molecule has 0 aliphatic carbocycles. The highest BCUT2D eigenvalue weighted by Crippen LogP contribution is 2.25. The molecule has 4 nitrogen and oxygen atoms in total. The van der Waals surface area contributed by atoms with Crippen LogP contribution in [0.5, 0.6) is 5.75 Å². The maximum atomic E-state index is 5.71. The highest BCUT2D eigenvalue weighted by Gasteiger charge is 2.09. The van der Waals surface area contributed by atoms with Crippen LogP contribution in [0.25, 0.3) is 0 Å². The molecule has 0 saturated carbocycles. The lowest BCUT2D eigenvalue weighted by Crippen LogP contribution is -2.05. The first-order valence-electron chi connectivity index (χ1n) is 9.02. The van der Waals surface area contributed by atoms with E-state index in [-0.39, 0.29) is 6.10 Å². The third kappa shape index (κ3) is 5.47. The number of aromatic nitrogens is 2. The van der Waals surface area contributed by atoms with E-state index in [4.69, 9.17) is 9.72 Å². The number of nitrogens with zero attached hydrogens (tertiary/aromatic N) is 2. The zero-order valence-electron chi connectivity index (χ0n) is 16.2. The number of anilines is 2. The summed E-state index contributed by atoms with van der Waals surface area (Å²) >= 11 is 1.55. The summed E-state index contributed by atoms with van der Waals surface area (Å²) < 4.78 is 5.71. The zero-order valence-corrected chi connectivity index (χ0v) is 17.0. The monoisotopic (exact) mass is 379 g/mol. The fourth-order valence-corrected chi connectivity index (χ4v) is 3.04. The number of ether oxygens (including phenoxy) is 1. The lowest BCUT2D eigenvalue weighted by atomic mass is 10.1. The summed E-state index contributed by atoms with van der Waals surface area (Å²) in [5.41, 5.74) is 5.38. The Bertz CT molecular complexity index is 877. The van der Waals surface area contributed by atoms with Gasteiger partial charge in [-0.1, -0.05) is 41.6 Å². The van der Waals surface area contributed by atoms with Gasteiger partial charge < -0.3 is 10.1 Å². The number of thioether (sulfide) groups is 1. The first-order chi connectivity index (χ1) is 13.0. The van der Waals surface area contributed by atoms with Gasteiger partial charge in [0.05, 0.1) is 23.7 Å². The SMILES string of the molecule is CSc1ncc(Nc2ccc(OC(C)C)cc2)c(Cc2ccc(C)cc2)n1. The molecule has 27 heavy (non-hydrogen) atoms. The number of aryl methyl sites for hydroxylation is 1. The van der Waals surface area contributed by atoms with Gasteiger partial charge >= 0.3 is 0 Å². The van der Waals surface area contributed by atoms with Crippen molar-refractivity contribution >= 4 is 23.1 Å². The molecular formula is C22H25N3OS. The van der Waals surface area contributed by atoms with Crippen LogP contribution >= 0.6 is 11.8 Å². The molecule has 2 aromatic carbocycles. The Morgan fingerprint density at radius 1 is 1.04 bits per heavy atom. The van der Waals surface area contributed by atoms with Crippen LogP contribution in [0.1, 0.15) is 30.7 Å². The summed E-state index contributed by atoms with van der Waals surface area (Å²) in [6, 6.07) is 16.5. The Labute approximate surface area is 165 Å². The van der Waals surface area contributed by atoms with E-state index >= 15 is 0 Å². The third-order valence-corrected chi connectivity index (χ3v) is 4.59. The summed E-state index contributed by atoms with van der Waals surface area (Å²) in [6.07, 6.45) is 4.78. The van der Waals surface area contributed by atoms with Crippen molar-refractivity contribution in [1.82, 2.24) is 9.97 Å². The minimum absolute atomic E-state index is 0.164. The predicted molar refractivity (Wildman–Crippen MR) is 113 cm³/mol. The molecular weight excluding hydrogens is 354 g/mol. The van der Waals surface area contributed by atoms with E-state index < -0.39 is 0 Å². The first-order valence-corrected chi connectivity index (χ1v) is 10.2. The van der Waals surface area contributed by atoms with Gasteiger partial charge in [-0.05, 0) is 56.9 Å². The molecule has 0 aliphatic heterocycles. The average molecular weight is 380 g/mol. The van der Waals surface area contributed by atoms with E-state index in [1.165, 1.54) is 11.1 Å². The smallest absolute Gasteiger partial charge is 0.187 e. The molecule has 0 aliphatic rings. The largest absolute Gasteiger partial charge is 0.491 e. The van der Waals surface area contributed by atoms with Gasteiger partial charge in [-0.15, -0.1) is 0 Å². The van der Waals surface area contributed by atoms with E-state index in [1.807, 2.05) is 50.6 Å². The van der Waals surface area contributed by atoms with Crippen LogP contribution in [0.3, 0.4) is 0 Å². The summed E-state index contributed by atoms with van der Waals surface area (Å²) in [5.74, 6) is 0.865. The van der Waals surface area contributed by atoms with Gasteiger partial charge in [-0.2, -0.15) is 0 Å². The van der Waals surface area contributed by atoms with Crippen molar-refractivity contribution in [3.05, 3.63) is 71.5 Å². The molecule has 0 bridgehead atoms. The van der Waals surface area contributed by atoms with Crippen molar-refractivity contribution in [2.24, 2.45) is 0 Å². The molecule has 0 amide bonds. The Hall–Kier alpha value is -2.53. The average Bonchev–Trinajstić information content (AvgIpc) is 2.66. The van der Waals surface area contributed by atoms with Crippen LogP contribution in [0.4, 0.5) is 11.4 Å². The quantitative estimate of drug-likeness (QED) is 0.426. The fourth-order valence-electron chi connectivity index (χ4n) is 2.68. The van der Waals surface area contributed by atoms with E-state index in [1.54, 1.807) is 11.8 Å². The standard InChI is InChI=1S/C22H25N3OS/c1-15(2)26-19-11-9-18(10-12-19)24-21-14-23-22(27-4)25-20(21)13-17-7-5-16(3)6-8-17/h5-12,14-15,24H,13H2,1-4H3. The molecule has 0 radical (unpaired) electrons. The summed E-state index contributed by atoms with van der Waals surface area (Å²) in [7, 11) is 0. The first kappa shape index (κ1) is 19.2. The highest BCUT2D eigenvalue weighted by molar-refractivity contribution is 7.98. The normalized spacial score (nSPS) is 10.9. The zero-order chi connectivity index (χ0) is 19.2. The van der Waals surface area contributed by atoms with Crippen LogP contribution < -0.4 is 10.1 Å². The third-order valence-electron chi connectivity index (χ3n) is 4.03. The molecule has 3 rings (SSSR count). The molecule has 0 spiro atoms. The Balaban J connectivity index is 1.82. The van der Waals surface area contributed by atoms with Crippen molar-refractivity contribution in [3.63, 3.8) is 0 Å². The van der Waals surface area contributed by atoms with Crippen molar-refractivity contribution in [2.45, 2.75) is 38.5 Å². The summed E-state index contributed by atoms with van der Waals surface area (Å²) in [6.45, 7) is 6.14. The fraction of sp³-hybridized carbons (Fsp3) is 0.273. The van der Waals surface area contributed by atoms with Crippen molar-refractivity contribution in [2.75, 3.05) is 11.6 Å². The van der Waals surface area contributed by atoms with Crippen molar-refractivity contribution < 1.29 is 4.74 Å². The molecule has 1 N–H and O–H groups in total. The van der Waals surface area contributed by atoms with Gasteiger partial charge in [-0.3, -0.25) is 0 Å². The second-order valence-electron chi connectivity index (χ2n) is 6.70. The van der Waals surface area contributed by atoms with Gasteiger partial charge in [0.2, 0.25) is 0 Å². The van der Waals surface area contributed by atoms with Crippen LogP contribution in [0, 0.1) is 6.92 Å². The molecule has 5 heteroatoms.